The maximum absolute atomic E-state index is 5.94. The van der Waals surface area contributed by atoms with Crippen LogP contribution in [0.1, 0.15) is 25.3 Å². The molecule has 0 N–H and O–H groups in total. The average Bonchev–Trinajstić information content (AvgIpc) is 2.50. The Morgan fingerprint density at radius 3 is 2.65 bits per heavy atom. The molecule has 108 valence electrons. The fourth-order valence-electron chi connectivity index (χ4n) is 2.36. The van der Waals surface area contributed by atoms with E-state index in [9.17, 15) is 0 Å². The Bertz CT molecular complexity index is 566. The minimum Gasteiger partial charge on any atom is -0.497 e. The van der Waals surface area contributed by atoms with E-state index in [4.69, 9.17) is 9.47 Å². The van der Waals surface area contributed by atoms with Crippen LogP contribution in [0, 0.1) is 0 Å². The highest BCUT2D eigenvalue weighted by Gasteiger charge is 2.08. The first-order valence-electron chi connectivity index (χ1n) is 7.08. The molecule has 0 radical (unpaired) electrons. The van der Waals surface area contributed by atoms with Gasteiger partial charge in [-0.05, 0) is 48.2 Å². The third-order valence-corrected chi connectivity index (χ3v) is 4.00. The summed E-state index contributed by atoms with van der Waals surface area (Å²) in [5.74, 6) is 1.91. The molecule has 0 aliphatic carbocycles. The number of hydrogen-bond acceptors (Lipinski definition) is 2. The zero-order valence-electron chi connectivity index (χ0n) is 12.1. The van der Waals surface area contributed by atoms with Crippen molar-refractivity contribution in [3.05, 3.63) is 35.9 Å². The van der Waals surface area contributed by atoms with Gasteiger partial charge in [-0.1, -0.05) is 35.0 Å². The molecule has 0 saturated carbocycles. The highest BCUT2D eigenvalue weighted by atomic mass is 79.9. The van der Waals surface area contributed by atoms with Gasteiger partial charge in [0, 0.05) is 10.9 Å². The molecule has 3 heteroatoms. The highest BCUT2D eigenvalue weighted by Crippen LogP contribution is 2.31. The molecule has 2 aromatic rings. The van der Waals surface area contributed by atoms with Crippen molar-refractivity contribution in [3.8, 4) is 11.5 Å². The van der Waals surface area contributed by atoms with E-state index in [1.807, 2.05) is 6.07 Å². The standard InChI is InChI=1S/C17H21BrO2/c1-3-15-16-8-7-14(19-2)12-13(16)6-9-17(15)20-11-5-4-10-18/h6-9,12H,3-5,10-11H2,1-2H3. The number of halogens is 1. The van der Waals surface area contributed by atoms with Gasteiger partial charge in [0.2, 0.25) is 0 Å². The molecule has 0 aliphatic heterocycles. The fourth-order valence-corrected chi connectivity index (χ4v) is 2.75. The molecule has 0 atom stereocenters. The molecular formula is C17H21BrO2. The predicted octanol–water partition coefficient (Wildman–Crippen LogP) is 4.96. The lowest BCUT2D eigenvalue weighted by atomic mass is 10.0. The minimum atomic E-state index is 0.778. The van der Waals surface area contributed by atoms with E-state index in [2.05, 4.69) is 47.1 Å². The van der Waals surface area contributed by atoms with Gasteiger partial charge in [0.05, 0.1) is 13.7 Å². The molecule has 0 bridgehead atoms. The molecule has 2 nitrogen and oxygen atoms in total. The number of rotatable bonds is 7. The molecule has 0 amide bonds. The van der Waals surface area contributed by atoms with Crippen molar-refractivity contribution in [3.63, 3.8) is 0 Å². The minimum absolute atomic E-state index is 0.778. The molecular weight excluding hydrogens is 316 g/mol. The van der Waals surface area contributed by atoms with Gasteiger partial charge in [-0.2, -0.15) is 0 Å². The van der Waals surface area contributed by atoms with E-state index in [1.54, 1.807) is 7.11 Å². The monoisotopic (exact) mass is 336 g/mol. The third kappa shape index (κ3) is 3.45. The summed E-state index contributed by atoms with van der Waals surface area (Å²) in [6.07, 6.45) is 3.19. The van der Waals surface area contributed by atoms with Gasteiger partial charge in [-0.3, -0.25) is 0 Å². The predicted molar refractivity (Wildman–Crippen MR) is 88.4 cm³/mol. The van der Waals surface area contributed by atoms with E-state index in [1.165, 1.54) is 16.3 Å². The zero-order valence-corrected chi connectivity index (χ0v) is 13.7. The Morgan fingerprint density at radius 2 is 1.95 bits per heavy atom. The number of unbranched alkanes of at least 4 members (excludes halogenated alkanes) is 1. The van der Waals surface area contributed by atoms with Crippen LogP contribution in [0.4, 0.5) is 0 Å². The van der Waals surface area contributed by atoms with Gasteiger partial charge in [0.1, 0.15) is 11.5 Å². The van der Waals surface area contributed by atoms with Gasteiger partial charge >= 0.3 is 0 Å². The van der Waals surface area contributed by atoms with Crippen molar-refractivity contribution in [1.29, 1.82) is 0 Å². The summed E-state index contributed by atoms with van der Waals surface area (Å²) in [6.45, 7) is 2.95. The quantitative estimate of drug-likeness (QED) is 0.525. The molecule has 0 spiro atoms. The van der Waals surface area contributed by atoms with Crippen molar-refractivity contribution in [2.24, 2.45) is 0 Å². The van der Waals surface area contributed by atoms with Crippen molar-refractivity contribution >= 4 is 26.7 Å². The summed E-state index contributed by atoms with van der Waals surface area (Å²) >= 11 is 3.44. The third-order valence-electron chi connectivity index (χ3n) is 3.43. The first kappa shape index (κ1) is 15.2. The molecule has 0 heterocycles. The van der Waals surface area contributed by atoms with Crippen LogP contribution in [0.2, 0.25) is 0 Å². The van der Waals surface area contributed by atoms with Crippen LogP contribution in [0.5, 0.6) is 11.5 Å². The lowest BCUT2D eigenvalue weighted by Crippen LogP contribution is -2.01. The molecule has 2 rings (SSSR count). The number of aryl methyl sites for hydroxylation is 1. The summed E-state index contributed by atoms with van der Waals surface area (Å²) in [5, 5.41) is 3.49. The van der Waals surface area contributed by atoms with Crippen LogP contribution >= 0.6 is 15.9 Å². The molecule has 0 unspecified atom stereocenters. The maximum Gasteiger partial charge on any atom is 0.123 e. The highest BCUT2D eigenvalue weighted by molar-refractivity contribution is 9.09. The number of ether oxygens (including phenoxy) is 2. The second-order valence-corrected chi connectivity index (χ2v) is 5.52. The van der Waals surface area contributed by atoms with E-state index >= 15 is 0 Å². The molecule has 0 aromatic heterocycles. The number of benzene rings is 2. The Labute approximate surface area is 129 Å². The Balaban J connectivity index is 2.27. The molecule has 2 aromatic carbocycles. The number of fused-ring (bicyclic) bond motifs is 1. The largest absolute Gasteiger partial charge is 0.497 e. The Hall–Kier alpha value is -1.22. The first-order valence-corrected chi connectivity index (χ1v) is 8.20. The van der Waals surface area contributed by atoms with Crippen molar-refractivity contribution in [2.45, 2.75) is 26.2 Å². The summed E-state index contributed by atoms with van der Waals surface area (Å²) in [4.78, 5) is 0. The Morgan fingerprint density at radius 1 is 1.10 bits per heavy atom. The normalized spacial score (nSPS) is 10.8. The average molecular weight is 337 g/mol. The number of alkyl halides is 1. The SMILES string of the molecule is CCc1c(OCCCCBr)ccc2cc(OC)ccc12. The molecule has 0 fully saturated rings. The summed E-state index contributed by atoms with van der Waals surface area (Å²) < 4.78 is 11.2. The van der Waals surface area contributed by atoms with E-state index in [0.717, 1.165) is 42.7 Å². The van der Waals surface area contributed by atoms with Gasteiger partial charge in [-0.25, -0.2) is 0 Å². The van der Waals surface area contributed by atoms with Crippen LogP contribution in [0.25, 0.3) is 10.8 Å². The second kappa shape index (κ2) is 7.53. The van der Waals surface area contributed by atoms with Crippen LogP contribution in [0.15, 0.2) is 30.3 Å². The maximum atomic E-state index is 5.94. The van der Waals surface area contributed by atoms with Gasteiger partial charge in [0.15, 0.2) is 0 Å². The van der Waals surface area contributed by atoms with E-state index in [-0.39, 0.29) is 0 Å². The van der Waals surface area contributed by atoms with Crippen LogP contribution in [-0.2, 0) is 6.42 Å². The molecule has 20 heavy (non-hydrogen) atoms. The van der Waals surface area contributed by atoms with E-state index < -0.39 is 0 Å². The summed E-state index contributed by atoms with van der Waals surface area (Å²) in [7, 11) is 1.70. The lowest BCUT2D eigenvalue weighted by Gasteiger charge is -2.13. The fraction of sp³-hybridized carbons (Fsp3) is 0.412. The van der Waals surface area contributed by atoms with Gasteiger partial charge in [0.25, 0.3) is 0 Å². The van der Waals surface area contributed by atoms with Crippen molar-refractivity contribution in [1.82, 2.24) is 0 Å². The second-order valence-electron chi connectivity index (χ2n) is 4.73. The van der Waals surface area contributed by atoms with Gasteiger partial charge < -0.3 is 9.47 Å². The van der Waals surface area contributed by atoms with Gasteiger partial charge in [-0.15, -0.1) is 0 Å². The van der Waals surface area contributed by atoms with Crippen molar-refractivity contribution < 1.29 is 9.47 Å². The van der Waals surface area contributed by atoms with Crippen LogP contribution in [0.3, 0.4) is 0 Å². The number of hydrogen-bond donors (Lipinski definition) is 0. The first-order chi connectivity index (χ1) is 9.80. The Kier molecular flexibility index (Phi) is 5.72. The van der Waals surface area contributed by atoms with E-state index in [0.29, 0.717) is 0 Å². The molecule has 0 aliphatic rings. The van der Waals surface area contributed by atoms with Crippen LogP contribution in [-0.4, -0.2) is 19.0 Å². The topological polar surface area (TPSA) is 18.5 Å². The summed E-state index contributed by atoms with van der Waals surface area (Å²) in [6, 6.07) is 10.4. The van der Waals surface area contributed by atoms with Crippen molar-refractivity contribution in [2.75, 3.05) is 19.0 Å². The number of methoxy groups -OCH3 is 1. The summed E-state index contributed by atoms with van der Waals surface area (Å²) in [5.41, 5.74) is 1.28. The zero-order chi connectivity index (χ0) is 14.4. The smallest absolute Gasteiger partial charge is 0.123 e. The van der Waals surface area contributed by atoms with Crippen LogP contribution < -0.4 is 9.47 Å². The lowest BCUT2D eigenvalue weighted by molar-refractivity contribution is 0.307. The molecule has 0 saturated heterocycles.